The van der Waals surface area contributed by atoms with Gasteiger partial charge in [-0.15, -0.1) is 24.0 Å². The van der Waals surface area contributed by atoms with Gasteiger partial charge in [0.25, 0.3) is 0 Å². The maximum Gasteiger partial charge on any atom is 0.401 e. The van der Waals surface area contributed by atoms with Crippen LogP contribution in [0.4, 0.5) is 17.6 Å². The molecule has 1 unspecified atom stereocenters. The number of guanidine groups is 1. The third-order valence-electron chi connectivity index (χ3n) is 5.66. The number of aromatic nitrogens is 1. The molecule has 1 aromatic carbocycles. The van der Waals surface area contributed by atoms with E-state index < -0.39 is 12.7 Å². The fraction of sp³-hybridized carbons (Fsp3) is 0.591. The minimum atomic E-state index is -4.17. The number of hydrogen-bond donors (Lipinski definition) is 2. The molecule has 0 spiro atoms. The average Bonchev–Trinajstić information content (AvgIpc) is 3.33. The predicted octanol–water partition coefficient (Wildman–Crippen LogP) is 4.64. The molecule has 1 atom stereocenters. The molecule has 0 radical (unpaired) electrons. The van der Waals surface area contributed by atoms with Gasteiger partial charge in [-0.1, -0.05) is 6.92 Å². The molecule has 2 N–H and O–H groups in total. The predicted molar refractivity (Wildman–Crippen MR) is 131 cm³/mol. The Balaban J connectivity index is 0.00000363. The SMILES string of the molecule is CCNC(=NCCc1c[nH]c2ccc(F)cc12)N1CCC(CN(CC)CC(F)(F)F)C1.I. The molecule has 180 valence electrons. The summed E-state index contributed by atoms with van der Waals surface area (Å²) in [4.78, 5) is 11.5. The van der Waals surface area contributed by atoms with Crippen molar-refractivity contribution >= 4 is 40.8 Å². The summed E-state index contributed by atoms with van der Waals surface area (Å²) >= 11 is 0. The van der Waals surface area contributed by atoms with E-state index in [0.717, 1.165) is 35.4 Å². The van der Waals surface area contributed by atoms with Crippen molar-refractivity contribution in [2.24, 2.45) is 10.9 Å². The van der Waals surface area contributed by atoms with Gasteiger partial charge >= 0.3 is 6.18 Å². The lowest BCUT2D eigenvalue weighted by Gasteiger charge is -2.26. The highest BCUT2D eigenvalue weighted by atomic mass is 127. The number of nitrogens with zero attached hydrogens (tertiary/aromatic N) is 3. The Kier molecular flexibility index (Phi) is 10.1. The topological polar surface area (TPSA) is 46.7 Å². The second-order valence-corrected chi connectivity index (χ2v) is 8.03. The number of nitrogens with one attached hydrogen (secondary N) is 2. The molecule has 32 heavy (non-hydrogen) atoms. The van der Waals surface area contributed by atoms with E-state index in [1.807, 2.05) is 13.1 Å². The molecule has 1 aliphatic rings. The third kappa shape index (κ3) is 7.50. The van der Waals surface area contributed by atoms with Crippen LogP contribution in [-0.2, 0) is 6.42 Å². The Morgan fingerprint density at radius 3 is 2.78 bits per heavy atom. The summed E-state index contributed by atoms with van der Waals surface area (Å²) < 4.78 is 51.8. The number of likely N-dealkylation sites (tertiary alicyclic amines) is 1. The van der Waals surface area contributed by atoms with Crippen LogP contribution in [0, 0.1) is 11.7 Å². The molecular weight excluding hydrogens is 537 g/mol. The van der Waals surface area contributed by atoms with Crippen LogP contribution in [0.15, 0.2) is 29.4 Å². The van der Waals surface area contributed by atoms with Crippen molar-refractivity contribution in [3.05, 3.63) is 35.8 Å². The van der Waals surface area contributed by atoms with Crippen LogP contribution < -0.4 is 5.32 Å². The molecule has 1 saturated heterocycles. The zero-order chi connectivity index (χ0) is 22.4. The molecule has 1 fully saturated rings. The number of fused-ring (bicyclic) bond motifs is 1. The van der Waals surface area contributed by atoms with Crippen molar-refractivity contribution in [1.29, 1.82) is 0 Å². The van der Waals surface area contributed by atoms with Crippen LogP contribution in [-0.4, -0.2) is 72.7 Å². The van der Waals surface area contributed by atoms with E-state index in [-0.39, 0.29) is 35.7 Å². The molecule has 5 nitrogen and oxygen atoms in total. The molecule has 0 amide bonds. The first-order chi connectivity index (χ1) is 14.8. The Morgan fingerprint density at radius 2 is 2.09 bits per heavy atom. The van der Waals surface area contributed by atoms with Gasteiger partial charge < -0.3 is 15.2 Å². The lowest BCUT2D eigenvalue weighted by molar-refractivity contribution is -0.146. The van der Waals surface area contributed by atoms with Gasteiger partial charge in [0.15, 0.2) is 5.96 Å². The molecular formula is C22H32F4IN5. The first-order valence-corrected chi connectivity index (χ1v) is 10.9. The van der Waals surface area contributed by atoms with E-state index >= 15 is 0 Å². The molecule has 1 aliphatic heterocycles. The fourth-order valence-corrected chi connectivity index (χ4v) is 4.16. The fourth-order valence-electron chi connectivity index (χ4n) is 4.16. The van der Waals surface area contributed by atoms with E-state index in [4.69, 9.17) is 4.99 Å². The highest BCUT2D eigenvalue weighted by molar-refractivity contribution is 14.0. The van der Waals surface area contributed by atoms with Crippen LogP contribution in [0.1, 0.15) is 25.8 Å². The summed E-state index contributed by atoms with van der Waals surface area (Å²) in [7, 11) is 0. The standard InChI is InChI=1S/C22H31F4N5.HI/c1-3-27-21(28-9-7-17-12-29-20-6-5-18(23)11-19(17)20)31-10-8-16(14-31)13-30(4-2)15-22(24,25)26;/h5-6,11-12,16,29H,3-4,7-10,13-15H2,1-2H3,(H,27,28);1H. The summed E-state index contributed by atoms with van der Waals surface area (Å²) in [6, 6.07) is 4.69. The Hall–Kier alpha value is -1.56. The number of alkyl halides is 3. The number of halogens is 5. The molecule has 2 aromatic rings. The molecule has 10 heteroatoms. The van der Waals surface area contributed by atoms with E-state index in [9.17, 15) is 17.6 Å². The van der Waals surface area contributed by atoms with Gasteiger partial charge in [0.05, 0.1) is 6.54 Å². The number of aromatic amines is 1. The largest absolute Gasteiger partial charge is 0.401 e. The number of aliphatic imine (C=N–C) groups is 1. The Morgan fingerprint density at radius 1 is 1.31 bits per heavy atom. The van der Waals surface area contributed by atoms with Crippen LogP contribution in [0.3, 0.4) is 0 Å². The van der Waals surface area contributed by atoms with Crippen LogP contribution in [0.25, 0.3) is 10.9 Å². The third-order valence-corrected chi connectivity index (χ3v) is 5.66. The molecule has 0 saturated carbocycles. The van der Waals surface area contributed by atoms with Gasteiger partial charge in [0.2, 0.25) is 0 Å². The van der Waals surface area contributed by atoms with E-state index in [0.29, 0.717) is 39.1 Å². The molecule has 0 aliphatic carbocycles. The Labute approximate surface area is 203 Å². The molecule has 2 heterocycles. The minimum Gasteiger partial charge on any atom is -0.361 e. The smallest absolute Gasteiger partial charge is 0.361 e. The van der Waals surface area contributed by atoms with Gasteiger partial charge in [-0.2, -0.15) is 13.2 Å². The van der Waals surface area contributed by atoms with Gasteiger partial charge in [0, 0.05) is 49.8 Å². The number of H-pyrrole nitrogens is 1. The summed E-state index contributed by atoms with van der Waals surface area (Å²) in [5.74, 6) is 0.706. The lowest BCUT2D eigenvalue weighted by atomic mass is 10.1. The van der Waals surface area contributed by atoms with E-state index in [2.05, 4.69) is 15.2 Å². The first-order valence-electron chi connectivity index (χ1n) is 10.9. The Bertz CT molecular complexity index is 883. The monoisotopic (exact) mass is 569 g/mol. The summed E-state index contributed by atoms with van der Waals surface area (Å²) in [5.41, 5.74) is 1.91. The van der Waals surface area contributed by atoms with Crippen molar-refractivity contribution < 1.29 is 17.6 Å². The number of hydrogen-bond acceptors (Lipinski definition) is 2. The maximum absolute atomic E-state index is 13.6. The van der Waals surface area contributed by atoms with Crippen LogP contribution >= 0.6 is 24.0 Å². The molecule has 1 aromatic heterocycles. The van der Waals surface area contributed by atoms with E-state index in [1.54, 1.807) is 13.0 Å². The van der Waals surface area contributed by atoms with Crippen molar-refractivity contribution in [2.75, 3.05) is 45.8 Å². The highest BCUT2D eigenvalue weighted by Crippen LogP contribution is 2.22. The van der Waals surface area contributed by atoms with Crippen molar-refractivity contribution in [2.45, 2.75) is 32.9 Å². The average molecular weight is 569 g/mol. The number of rotatable bonds is 8. The zero-order valence-electron chi connectivity index (χ0n) is 18.5. The number of benzene rings is 1. The lowest BCUT2D eigenvalue weighted by Crippen LogP contribution is -2.42. The zero-order valence-corrected chi connectivity index (χ0v) is 20.8. The maximum atomic E-state index is 13.6. The summed E-state index contributed by atoms with van der Waals surface area (Å²) in [5, 5.41) is 4.16. The summed E-state index contributed by atoms with van der Waals surface area (Å²) in [6.45, 7) is 6.45. The van der Waals surface area contributed by atoms with E-state index in [1.165, 1.54) is 17.0 Å². The van der Waals surface area contributed by atoms with Crippen molar-refractivity contribution in [1.82, 2.24) is 20.1 Å². The second kappa shape index (κ2) is 12.1. The quantitative estimate of drug-likeness (QED) is 0.211. The van der Waals surface area contributed by atoms with Gasteiger partial charge in [-0.05, 0) is 56.0 Å². The molecule has 0 bridgehead atoms. The van der Waals surface area contributed by atoms with Crippen LogP contribution in [0.2, 0.25) is 0 Å². The van der Waals surface area contributed by atoms with Crippen LogP contribution in [0.5, 0.6) is 0 Å². The minimum absolute atomic E-state index is 0. The van der Waals surface area contributed by atoms with Crippen molar-refractivity contribution in [3.8, 4) is 0 Å². The van der Waals surface area contributed by atoms with Gasteiger partial charge in [0.1, 0.15) is 5.82 Å². The van der Waals surface area contributed by atoms with Gasteiger partial charge in [-0.3, -0.25) is 9.89 Å². The summed E-state index contributed by atoms with van der Waals surface area (Å²) in [6.07, 6.45) is -0.764. The highest BCUT2D eigenvalue weighted by Gasteiger charge is 2.33. The first kappa shape index (κ1) is 26.7. The van der Waals surface area contributed by atoms with Gasteiger partial charge in [-0.25, -0.2) is 4.39 Å². The normalized spacial score (nSPS) is 17.3. The van der Waals surface area contributed by atoms with Crippen molar-refractivity contribution in [3.63, 3.8) is 0 Å². The second-order valence-electron chi connectivity index (χ2n) is 8.03. The molecule has 3 rings (SSSR count).